The van der Waals surface area contributed by atoms with Crippen LogP contribution in [0.2, 0.25) is 0 Å². The minimum absolute atomic E-state index is 0.000506. The summed E-state index contributed by atoms with van der Waals surface area (Å²) in [4.78, 5) is 11.9. The lowest BCUT2D eigenvalue weighted by Crippen LogP contribution is -2.12. The van der Waals surface area contributed by atoms with Gasteiger partial charge in [-0.05, 0) is 36.8 Å². The van der Waals surface area contributed by atoms with Gasteiger partial charge in [0.05, 0.1) is 5.56 Å². The van der Waals surface area contributed by atoms with Crippen LogP contribution in [-0.4, -0.2) is 11.0 Å². The molecule has 0 aliphatic rings. The highest BCUT2D eigenvalue weighted by Crippen LogP contribution is 2.21. The van der Waals surface area contributed by atoms with E-state index in [-0.39, 0.29) is 5.56 Å². The highest BCUT2D eigenvalue weighted by molar-refractivity contribution is 6.06. The molecule has 0 saturated heterocycles. The van der Waals surface area contributed by atoms with Gasteiger partial charge in [0, 0.05) is 17.4 Å². The molecule has 0 aromatic heterocycles. The second kappa shape index (κ2) is 4.97. The molecule has 0 aliphatic heterocycles. The maximum Gasteiger partial charge on any atom is 0.259 e. The van der Waals surface area contributed by atoms with Crippen LogP contribution in [0.4, 0.5) is 15.8 Å². The molecule has 0 heterocycles. The summed E-state index contributed by atoms with van der Waals surface area (Å²) in [5.74, 6) is -1.54. The number of benzene rings is 2. The topological polar surface area (TPSA) is 75.3 Å². The number of anilines is 2. The van der Waals surface area contributed by atoms with E-state index in [9.17, 15) is 14.3 Å². The first-order chi connectivity index (χ1) is 8.97. The van der Waals surface area contributed by atoms with Crippen LogP contribution in [-0.2, 0) is 0 Å². The van der Waals surface area contributed by atoms with Crippen molar-refractivity contribution >= 4 is 17.3 Å². The molecule has 0 fully saturated rings. The quantitative estimate of drug-likeness (QED) is 0.727. The van der Waals surface area contributed by atoms with E-state index >= 15 is 0 Å². The minimum Gasteiger partial charge on any atom is -0.507 e. The molecule has 2 aromatic rings. The second-order valence-corrected chi connectivity index (χ2v) is 4.19. The maximum absolute atomic E-state index is 12.8. The Balaban J connectivity index is 2.23. The molecule has 5 heteroatoms. The Labute approximate surface area is 109 Å². The number of carbonyl (C=O) groups excluding carboxylic acids is 1. The molecular formula is C14H13FN2O2. The van der Waals surface area contributed by atoms with E-state index in [2.05, 4.69) is 5.32 Å². The van der Waals surface area contributed by atoms with Crippen LogP contribution in [0.3, 0.4) is 0 Å². The molecule has 4 nitrogen and oxygen atoms in total. The molecule has 0 aliphatic carbocycles. The van der Waals surface area contributed by atoms with Crippen LogP contribution in [0, 0.1) is 12.7 Å². The first-order valence-corrected chi connectivity index (χ1v) is 5.63. The van der Waals surface area contributed by atoms with E-state index in [0.717, 1.165) is 17.7 Å². The number of amides is 1. The van der Waals surface area contributed by atoms with Gasteiger partial charge in [-0.2, -0.15) is 0 Å². The number of rotatable bonds is 2. The summed E-state index contributed by atoms with van der Waals surface area (Å²) in [5.41, 5.74) is 7.71. The summed E-state index contributed by atoms with van der Waals surface area (Å²) < 4.78 is 12.8. The molecule has 0 atom stereocenters. The smallest absolute Gasteiger partial charge is 0.259 e. The van der Waals surface area contributed by atoms with Crippen molar-refractivity contribution in [3.63, 3.8) is 0 Å². The monoisotopic (exact) mass is 260 g/mol. The molecule has 4 N–H and O–H groups in total. The Bertz CT molecular complexity index is 641. The van der Waals surface area contributed by atoms with Gasteiger partial charge in [-0.25, -0.2) is 4.39 Å². The van der Waals surface area contributed by atoms with Gasteiger partial charge in [-0.3, -0.25) is 4.79 Å². The molecule has 2 rings (SSSR count). The fourth-order valence-corrected chi connectivity index (χ4v) is 1.61. The number of nitrogen functional groups attached to an aromatic ring is 1. The van der Waals surface area contributed by atoms with E-state index in [1.165, 1.54) is 6.07 Å². The Hall–Kier alpha value is -2.56. The lowest BCUT2D eigenvalue weighted by atomic mass is 10.1. The average molecular weight is 260 g/mol. The SMILES string of the molecule is Cc1ccc(NC(=O)c2ccc(F)cc2O)cc1N. The molecule has 0 unspecified atom stereocenters. The number of hydrogen-bond acceptors (Lipinski definition) is 3. The van der Waals surface area contributed by atoms with E-state index < -0.39 is 17.5 Å². The van der Waals surface area contributed by atoms with Gasteiger partial charge in [-0.15, -0.1) is 0 Å². The number of aromatic hydroxyl groups is 1. The third-order valence-electron chi connectivity index (χ3n) is 2.74. The largest absolute Gasteiger partial charge is 0.507 e. The van der Waals surface area contributed by atoms with Gasteiger partial charge in [0.2, 0.25) is 0 Å². The van der Waals surface area contributed by atoms with Gasteiger partial charge in [0.25, 0.3) is 5.91 Å². The molecular weight excluding hydrogens is 247 g/mol. The molecule has 19 heavy (non-hydrogen) atoms. The van der Waals surface area contributed by atoms with Crippen LogP contribution in [0.15, 0.2) is 36.4 Å². The summed E-state index contributed by atoms with van der Waals surface area (Å²) in [5, 5.41) is 12.1. The second-order valence-electron chi connectivity index (χ2n) is 4.19. The fraction of sp³-hybridized carbons (Fsp3) is 0.0714. The first-order valence-electron chi connectivity index (χ1n) is 5.63. The number of halogens is 1. The Morgan fingerprint density at radius 1 is 1.26 bits per heavy atom. The predicted octanol–water partition coefficient (Wildman–Crippen LogP) is 2.67. The lowest BCUT2D eigenvalue weighted by Gasteiger charge is -2.08. The summed E-state index contributed by atoms with van der Waals surface area (Å²) in [7, 11) is 0. The van der Waals surface area contributed by atoms with Gasteiger partial charge in [0.1, 0.15) is 11.6 Å². The molecule has 0 saturated carbocycles. The zero-order chi connectivity index (χ0) is 14.0. The van der Waals surface area contributed by atoms with E-state index in [4.69, 9.17) is 5.73 Å². The van der Waals surface area contributed by atoms with Crippen LogP contribution < -0.4 is 11.1 Å². The third kappa shape index (κ3) is 2.82. The minimum atomic E-state index is -0.603. The summed E-state index contributed by atoms with van der Waals surface area (Å²) in [6.07, 6.45) is 0. The van der Waals surface area contributed by atoms with Crippen molar-refractivity contribution in [2.24, 2.45) is 0 Å². The highest BCUT2D eigenvalue weighted by atomic mass is 19.1. The molecule has 0 bridgehead atoms. The Morgan fingerprint density at radius 3 is 2.63 bits per heavy atom. The number of phenols is 1. The van der Waals surface area contributed by atoms with E-state index in [1.54, 1.807) is 18.2 Å². The number of aryl methyl sites for hydroxylation is 1. The molecule has 0 radical (unpaired) electrons. The molecule has 98 valence electrons. The van der Waals surface area contributed by atoms with Crippen molar-refractivity contribution in [2.75, 3.05) is 11.1 Å². The van der Waals surface area contributed by atoms with Gasteiger partial charge in [-0.1, -0.05) is 6.07 Å². The zero-order valence-corrected chi connectivity index (χ0v) is 10.3. The van der Waals surface area contributed by atoms with Crippen molar-refractivity contribution in [1.29, 1.82) is 0 Å². The van der Waals surface area contributed by atoms with Crippen molar-refractivity contribution < 1.29 is 14.3 Å². The van der Waals surface area contributed by atoms with E-state index in [1.807, 2.05) is 6.92 Å². The predicted molar refractivity (Wildman–Crippen MR) is 71.6 cm³/mol. The van der Waals surface area contributed by atoms with Crippen LogP contribution >= 0.6 is 0 Å². The average Bonchev–Trinajstić information content (AvgIpc) is 2.33. The lowest BCUT2D eigenvalue weighted by molar-refractivity contribution is 0.102. The zero-order valence-electron chi connectivity index (χ0n) is 10.3. The molecule has 2 aromatic carbocycles. The molecule has 1 amide bonds. The van der Waals surface area contributed by atoms with Crippen LogP contribution in [0.1, 0.15) is 15.9 Å². The van der Waals surface area contributed by atoms with Crippen LogP contribution in [0.5, 0.6) is 5.75 Å². The van der Waals surface area contributed by atoms with Gasteiger partial charge >= 0.3 is 0 Å². The maximum atomic E-state index is 12.8. The molecule has 0 spiro atoms. The summed E-state index contributed by atoms with van der Waals surface area (Å²) in [6, 6.07) is 8.31. The Kier molecular flexibility index (Phi) is 3.37. The third-order valence-corrected chi connectivity index (χ3v) is 2.74. The number of hydrogen-bond donors (Lipinski definition) is 3. The normalized spacial score (nSPS) is 10.2. The van der Waals surface area contributed by atoms with Crippen molar-refractivity contribution in [1.82, 2.24) is 0 Å². The summed E-state index contributed by atoms with van der Waals surface area (Å²) in [6.45, 7) is 1.85. The van der Waals surface area contributed by atoms with Crippen molar-refractivity contribution in [2.45, 2.75) is 6.92 Å². The number of nitrogens with two attached hydrogens (primary N) is 1. The Morgan fingerprint density at radius 2 is 2.00 bits per heavy atom. The first kappa shape index (κ1) is 12.9. The van der Waals surface area contributed by atoms with Gasteiger partial charge < -0.3 is 16.2 Å². The number of phenolic OH excluding ortho intramolecular Hbond substituents is 1. The highest BCUT2D eigenvalue weighted by Gasteiger charge is 2.12. The van der Waals surface area contributed by atoms with Crippen molar-refractivity contribution in [3.8, 4) is 5.75 Å². The standard InChI is InChI=1S/C14H13FN2O2/c1-8-2-4-10(7-12(8)16)17-14(19)11-5-3-9(15)6-13(11)18/h2-7,18H,16H2,1H3,(H,17,19). The number of nitrogens with one attached hydrogen (secondary N) is 1. The van der Waals surface area contributed by atoms with Crippen molar-refractivity contribution in [3.05, 3.63) is 53.3 Å². The number of carbonyl (C=O) groups is 1. The van der Waals surface area contributed by atoms with Crippen LogP contribution in [0.25, 0.3) is 0 Å². The fourth-order valence-electron chi connectivity index (χ4n) is 1.61. The van der Waals surface area contributed by atoms with Gasteiger partial charge in [0.15, 0.2) is 0 Å². The summed E-state index contributed by atoms with van der Waals surface area (Å²) >= 11 is 0. The van der Waals surface area contributed by atoms with E-state index in [0.29, 0.717) is 11.4 Å².